The Balaban J connectivity index is 1.79. The number of tetrazole rings is 1. The molecule has 0 aliphatic carbocycles. The van der Waals surface area contributed by atoms with E-state index in [1.54, 1.807) is 4.68 Å². The van der Waals surface area contributed by atoms with Gasteiger partial charge in [0.05, 0.1) is 11.9 Å². The molecule has 1 amide bonds. The van der Waals surface area contributed by atoms with Crippen LogP contribution in [0.5, 0.6) is 5.75 Å². The van der Waals surface area contributed by atoms with Gasteiger partial charge in [-0.05, 0) is 69.5 Å². The Hall–Kier alpha value is -2.09. The fourth-order valence-corrected chi connectivity index (χ4v) is 4.44. The Kier molecular flexibility index (Phi) is 6.36. The maximum Gasteiger partial charge on any atom is 0.236 e. The summed E-state index contributed by atoms with van der Waals surface area (Å²) in [6.45, 7) is 8.68. The predicted octanol–water partition coefficient (Wildman–Crippen LogP) is 3.33. The highest BCUT2D eigenvalue weighted by atomic mass is 32.2. The first-order valence-corrected chi connectivity index (χ1v) is 10.4. The van der Waals surface area contributed by atoms with Gasteiger partial charge < -0.3 is 9.64 Å². The number of thioether (sulfide) groups is 1. The van der Waals surface area contributed by atoms with Crippen molar-refractivity contribution in [3.8, 4) is 11.4 Å². The summed E-state index contributed by atoms with van der Waals surface area (Å²) in [6, 6.07) is 8.18. The maximum atomic E-state index is 13.1. The summed E-state index contributed by atoms with van der Waals surface area (Å²) in [5, 5.41) is 12.4. The second-order valence-corrected chi connectivity index (χ2v) is 8.22. The van der Waals surface area contributed by atoms with Crippen LogP contribution in [0.1, 0.15) is 47.0 Å². The first-order chi connectivity index (χ1) is 13.0. The summed E-state index contributed by atoms with van der Waals surface area (Å²) >= 11 is 1.38. The lowest BCUT2D eigenvalue weighted by molar-refractivity contribution is -0.136. The number of carbonyl (C=O) groups is 1. The van der Waals surface area contributed by atoms with E-state index < -0.39 is 0 Å². The van der Waals surface area contributed by atoms with Crippen molar-refractivity contribution in [3.05, 3.63) is 24.3 Å². The molecule has 0 bridgehead atoms. The van der Waals surface area contributed by atoms with E-state index in [0.29, 0.717) is 17.5 Å². The van der Waals surface area contributed by atoms with Crippen molar-refractivity contribution in [2.75, 3.05) is 6.61 Å². The monoisotopic (exact) mass is 389 g/mol. The first kappa shape index (κ1) is 19.7. The van der Waals surface area contributed by atoms with Gasteiger partial charge in [0.2, 0.25) is 11.1 Å². The number of likely N-dealkylation sites (tertiary alicyclic amines) is 1. The van der Waals surface area contributed by atoms with Gasteiger partial charge in [-0.2, -0.15) is 4.68 Å². The molecular formula is C19H27N5O2S. The minimum Gasteiger partial charge on any atom is -0.492 e. The SMILES string of the molecule is CCOc1ccccc1-n1nnnc1S[C@@H](C)C(=O)N1[C@@H](C)CCC[C@@H]1C. The fourth-order valence-electron chi connectivity index (χ4n) is 3.59. The molecule has 1 aromatic carbocycles. The van der Waals surface area contributed by atoms with Gasteiger partial charge in [0.1, 0.15) is 11.4 Å². The Morgan fingerprint density at radius 1 is 1.30 bits per heavy atom. The van der Waals surface area contributed by atoms with Crippen LogP contribution in [-0.2, 0) is 4.79 Å². The van der Waals surface area contributed by atoms with Gasteiger partial charge in [0.25, 0.3) is 0 Å². The van der Waals surface area contributed by atoms with Crippen molar-refractivity contribution in [2.45, 2.75) is 69.4 Å². The van der Waals surface area contributed by atoms with Gasteiger partial charge in [-0.1, -0.05) is 23.9 Å². The zero-order valence-corrected chi connectivity index (χ0v) is 17.1. The molecule has 0 N–H and O–H groups in total. The minimum atomic E-state index is -0.267. The predicted molar refractivity (Wildman–Crippen MR) is 105 cm³/mol. The van der Waals surface area contributed by atoms with Gasteiger partial charge in [0, 0.05) is 12.1 Å². The Morgan fingerprint density at radius 2 is 2.00 bits per heavy atom. The van der Waals surface area contributed by atoms with E-state index in [1.807, 2.05) is 43.0 Å². The Labute approximate surface area is 164 Å². The molecule has 8 heteroatoms. The van der Waals surface area contributed by atoms with Crippen LogP contribution < -0.4 is 4.74 Å². The maximum absolute atomic E-state index is 13.1. The lowest BCUT2D eigenvalue weighted by Gasteiger charge is -2.40. The second kappa shape index (κ2) is 8.73. The summed E-state index contributed by atoms with van der Waals surface area (Å²) in [5.74, 6) is 0.860. The molecule has 1 aliphatic heterocycles. The van der Waals surface area contributed by atoms with E-state index in [4.69, 9.17) is 4.74 Å². The molecule has 1 fully saturated rings. The molecule has 7 nitrogen and oxygen atoms in total. The summed E-state index contributed by atoms with van der Waals surface area (Å²) < 4.78 is 7.33. The molecule has 2 heterocycles. The van der Waals surface area contributed by atoms with Crippen LogP contribution in [0.2, 0.25) is 0 Å². The highest BCUT2D eigenvalue weighted by Gasteiger charge is 2.33. The summed E-state index contributed by atoms with van der Waals surface area (Å²) in [5.41, 5.74) is 0.770. The van der Waals surface area contributed by atoms with Crippen LogP contribution in [0.15, 0.2) is 29.4 Å². The van der Waals surface area contributed by atoms with Crippen LogP contribution in [0.3, 0.4) is 0 Å². The van der Waals surface area contributed by atoms with Crippen molar-refractivity contribution in [1.29, 1.82) is 0 Å². The van der Waals surface area contributed by atoms with E-state index >= 15 is 0 Å². The van der Waals surface area contributed by atoms with Crippen molar-refractivity contribution in [2.24, 2.45) is 0 Å². The molecule has 2 aromatic rings. The zero-order chi connectivity index (χ0) is 19.4. The average Bonchev–Trinajstić information content (AvgIpc) is 3.10. The number of benzene rings is 1. The molecule has 1 aromatic heterocycles. The molecule has 1 saturated heterocycles. The van der Waals surface area contributed by atoms with Crippen LogP contribution in [0.25, 0.3) is 5.69 Å². The van der Waals surface area contributed by atoms with Crippen LogP contribution in [-0.4, -0.2) is 55.0 Å². The van der Waals surface area contributed by atoms with Crippen molar-refractivity contribution < 1.29 is 9.53 Å². The van der Waals surface area contributed by atoms with Crippen LogP contribution in [0, 0.1) is 0 Å². The van der Waals surface area contributed by atoms with Gasteiger partial charge in [-0.3, -0.25) is 4.79 Å². The standard InChI is InChI=1S/C19H27N5O2S/c1-5-26-17-12-7-6-11-16(17)24-19(20-21-22-24)27-15(4)18(25)23-13(2)9-8-10-14(23)3/h6-7,11-15H,5,8-10H2,1-4H3/t13-,14-,15-/m0/s1. The Bertz CT molecular complexity index is 771. The first-order valence-electron chi connectivity index (χ1n) is 9.52. The van der Waals surface area contributed by atoms with Gasteiger partial charge in [-0.15, -0.1) is 5.10 Å². The molecule has 27 heavy (non-hydrogen) atoms. The van der Waals surface area contributed by atoms with E-state index in [2.05, 4.69) is 29.4 Å². The van der Waals surface area contributed by atoms with Crippen molar-refractivity contribution in [3.63, 3.8) is 0 Å². The van der Waals surface area contributed by atoms with Crippen molar-refractivity contribution in [1.82, 2.24) is 25.1 Å². The summed E-state index contributed by atoms with van der Waals surface area (Å²) in [4.78, 5) is 15.1. The number of amides is 1. The summed E-state index contributed by atoms with van der Waals surface area (Å²) in [6.07, 6.45) is 3.31. The fraction of sp³-hybridized carbons (Fsp3) is 0.579. The van der Waals surface area contributed by atoms with Crippen molar-refractivity contribution >= 4 is 17.7 Å². The molecule has 1 aliphatic rings. The van der Waals surface area contributed by atoms with Gasteiger partial charge >= 0.3 is 0 Å². The normalized spacial score (nSPS) is 21.1. The third-order valence-electron chi connectivity index (χ3n) is 4.91. The van der Waals surface area contributed by atoms with E-state index in [0.717, 1.165) is 18.5 Å². The number of hydrogen-bond acceptors (Lipinski definition) is 6. The second-order valence-electron chi connectivity index (χ2n) is 6.91. The van der Waals surface area contributed by atoms with E-state index in [-0.39, 0.29) is 23.2 Å². The van der Waals surface area contributed by atoms with Crippen LogP contribution in [0.4, 0.5) is 0 Å². The van der Waals surface area contributed by atoms with E-state index in [9.17, 15) is 4.79 Å². The number of ether oxygens (including phenoxy) is 1. The van der Waals surface area contributed by atoms with Gasteiger partial charge in [-0.25, -0.2) is 0 Å². The van der Waals surface area contributed by atoms with Gasteiger partial charge in [0.15, 0.2) is 0 Å². The molecule has 3 atom stereocenters. The highest BCUT2D eigenvalue weighted by molar-refractivity contribution is 8.00. The zero-order valence-electron chi connectivity index (χ0n) is 16.3. The topological polar surface area (TPSA) is 73.1 Å². The number of carbonyl (C=O) groups excluding carboxylic acids is 1. The molecule has 0 unspecified atom stereocenters. The number of rotatable bonds is 6. The number of nitrogens with zero attached hydrogens (tertiary/aromatic N) is 5. The third-order valence-corrected chi connectivity index (χ3v) is 5.93. The lowest BCUT2D eigenvalue weighted by atomic mass is 9.97. The van der Waals surface area contributed by atoms with E-state index in [1.165, 1.54) is 18.2 Å². The molecule has 146 valence electrons. The number of aromatic nitrogens is 4. The number of hydrogen-bond donors (Lipinski definition) is 0. The lowest BCUT2D eigenvalue weighted by Crippen LogP contribution is -2.50. The average molecular weight is 390 g/mol. The summed E-state index contributed by atoms with van der Waals surface area (Å²) in [7, 11) is 0. The molecule has 0 saturated carbocycles. The largest absolute Gasteiger partial charge is 0.492 e. The molecule has 0 spiro atoms. The molecular weight excluding hydrogens is 362 g/mol. The number of para-hydroxylation sites is 2. The highest BCUT2D eigenvalue weighted by Crippen LogP contribution is 2.31. The Morgan fingerprint density at radius 3 is 2.70 bits per heavy atom. The third kappa shape index (κ3) is 4.26. The molecule has 0 radical (unpaired) electrons. The minimum absolute atomic E-state index is 0.146. The number of piperidine rings is 1. The van der Waals surface area contributed by atoms with Crippen LogP contribution >= 0.6 is 11.8 Å². The molecule has 3 rings (SSSR count). The quantitative estimate of drug-likeness (QED) is 0.706. The smallest absolute Gasteiger partial charge is 0.236 e.